The van der Waals surface area contributed by atoms with Gasteiger partial charge in [0.05, 0.1) is 10.8 Å². The van der Waals surface area contributed by atoms with E-state index in [1.807, 2.05) is 19.9 Å². The van der Waals surface area contributed by atoms with E-state index in [4.69, 9.17) is 15.3 Å². The van der Waals surface area contributed by atoms with E-state index in [0.717, 1.165) is 5.56 Å². The van der Waals surface area contributed by atoms with Gasteiger partial charge >= 0.3 is 43.7 Å². The first-order valence-electron chi connectivity index (χ1n) is 6.78. The Morgan fingerprint density at radius 1 is 1.30 bits per heavy atom. The van der Waals surface area contributed by atoms with Crippen LogP contribution in [-0.2, 0) is 0 Å². The standard InChI is InChI=1S/C16H14N2O4.Ca.2H/c1-7(2)8-3-4-12-9(5-8)13(19)10-6-11(16(20)21)14(17)18-15(10)22-12;;;/h3-7H,1-2H3,(H2,17,18)(H,20,21);;;/q;+2;2*-1. The molecule has 0 unspecified atom stereocenters. The smallest absolute Gasteiger partial charge is 1.00 e. The van der Waals surface area contributed by atoms with E-state index in [1.54, 1.807) is 12.1 Å². The van der Waals surface area contributed by atoms with Crippen LogP contribution in [0.4, 0.5) is 5.82 Å². The monoisotopic (exact) mass is 340 g/mol. The van der Waals surface area contributed by atoms with Crippen LogP contribution in [0.25, 0.3) is 22.1 Å². The number of hydrogen-bond donors (Lipinski definition) is 2. The Hall–Kier alpha value is -1.63. The van der Waals surface area contributed by atoms with Gasteiger partial charge in [-0.15, -0.1) is 0 Å². The van der Waals surface area contributed by atoms with Crippen LogP contribution in [0, 0.1) is 0 Å². The predicted octanol–water partition coefficient (Wildman–Crippen LogP) is 2.59. The first kappa shape index (κ1) is 17.7. The summed E-state index contributed by atoms with van der Waals surface area (Å²) in [6.45, 7) is 4.04. The summed E-state index contributed by atoms with van der Waals surface area (Å²) in [6, 6.07) is 6.58. The molecule has 0 fully saturated rings. The Bertz CT molecular complexity index is 989. The Morgan fingerprint density at radius 3 is 2.61 bits per heavy atom. The number of pyridine rings is 1. The SMILES string of the molecule is CC(C)c1ccc2oc3nc(N)c(C(=O)O)cc3c(=O)c2c1.[Ca+2].[H-].[H-]. The summed E-state index contributed by atoms with van der Waals surface area (Å²) in [4.78, 5) is 27.6. The van der Waals surface area contributed by atoms with Crippen molar-refractivity contribution in [2.24, 2.45) is 0 Å². The first-order valence-corrected chi connectivity index (χ1v) is 6.78. The third-order valence-electron chi connectivity index (χ3n) is 3.61. The summed E-state index contributed by atoms with van der Waals surface area (Å²) in [5.74, 6) is -1.15. The van der Waals surface area contributed by atoms with E-state index in [2.05, 4.69) is 4.98 Å². The average molecular weight is 340 g/mol. The molecule has 3 N–H and O–H groups in total. The molecule has 0 amide bonds. The maximum Gasteiger partial charge on any atom is 2.00 e. The number of carbonyl (C=O) groups is 1. The molecule has 3 aromatic rings. The first-order chi connectivity index (χ1) is 10.4. The summed E-state index contributed by atoms with van der Waals surface area (Å²) >= 11 is 0. The molecule has 0 bridgehead atoms. The molecule has 2 aromatic heterocycles. The van der Waals surface area contributed by atoms with Crippen molar-refractivity contribution < 1.29 is 17.2 Å². The van der Waals surface area contributed by atoms with Crippen molar-refractivity contribution in [3.05, 3.63) is 45.6 Å². The van der Waals surface area contributed by atoms with Gasteiger partial charge in [0.2, 0.25) is 11.1 Å². The van der Waals surface area contributed by atoms with E-state index >= 15 is 0 Å². The zero-order chi connectivity index (χ0) is 16.0. The molecule has 1 aromatic carbocycles. The van der Waals surface area contributed by atoms with E-state index in [1.165, 1.54) is 6.07 Å². The van der Waals surface area contributed by atoms with Gasteiger partial charge < -0.3 is 18.1 Å². The minimum Gasteiger partial charge on any atom is -1.00 e. The number of anilines is 1. The predicted molar refractivity (Wildman–Crippen MR) is 91.2 cm³/mol. The third-order valence-corrected chi connectivity index (χ3v) is 3.61. The van der Waals surface area contributed by atoms with Gasteiger partial charge in [0.15, 0.2) is 0 Å². The zero-order valence-electron chi connectivity index (χ0n) is 14.8. The normalized spacial score (nSPS) is 10.9. The fraction of sp³-hybridized carbons (Fsp3) is 0.188. The number of nitrogens with two attached hydrogens (primary N) is 1. The van der Waals surface area contributed by atoms with Gasteiger partial charge in [-0.25, -0.2) is 4.79 Å². The maximum absolute atomic E-state index is 12.6. The molecule has 7 heteroatoms. The number of benzene rings is 1. The Kier molecular flexibility index (Phi) is 4.98. The van der Waals surface area contributed by atoms with Crippen molar-refractivity contribution in [2.75, 3.05) is 5.73 Å². The second-order valence-electron chi connectivity index (χ2n) is 5.42. The summed E-state index contributed by atoms with van der Waals surface area (Å²) in [5, 5.41) is 9.61. The van der Waals surface area contributed by atoms with Gasteiger partial charge in [0.1, 0.15) is 17.0 Å². The molecular weight excluding hydrogens is 324 g/mol. The molecule has 0 saturated carbocycles. The number of nitrogens with zero attached hydrogens (tertiary/aromatic N) is 1. The van der Waals surface area contributed by atoms with Crippen molar-refractivity contribution >= 4 is 71.6 Å². The Balaban J connectivity index is 0.00000192. The number of carboxylic acids is 1. The number of carboxylic acid groups (broad SMARTS) is 1. The van der Waals surface area contributed by atoms with Crippen molar-refractivity contribution in [1.82, 2.24) is 4.98 Å². The molecule has 3 rings (SSSR count). The van der Waals surface area contributed by atoms with Gasteiger partial charge in [0.25, 0.3) is 0 Å². The van der Waals surface area contributed by atoms with Crippen LogP contribution in [0.2, 0.25) is 0 Å². The maximum atomic E-state index is 12.6. The van der Waals surface area contributed by atoms with Gasteiger partial charge in [-0.05, 0) is 29.7 Å². The fourth-order valence-corrected chi connectivity index (χ4v) is 2.34. The summed E-state index contributed by atoms with van der Waals surface area (Å²) in [5.41, 5.74) is 6.51. The number of rotatable bonds is 2. The molecule has 0 atom stereocenters. The second kappa shape index (κ2) is 6.47. The van der Waals surface area contributed by atoms with Gasteiger partial charge in [-0.1, -0.05) is 19.9 Å². The molecule has 0 aliphatic rings. The molecule has 23 heavy (non-hydrogen) atoms. The molecule has 2 heterocycles. The van der Waals surface area contributed by atoms with E-state index in [9.17, 15) is 9.59 Å². The van der Waals surface area contributed by atoms with Crippen molar-refractivity contribution in [3.63, 3.8) is 0 Å². The van der Waals surface area contributed by atoms with E-state index in [-0.39, 0.29) is 74.4 Å². The number of fused-ring (bicyclic) bond motifs is 2. The Labute approximate surface area is 164 Å². The van der Waals surface area contributed by atoms with Crippen LogP contribution in [-0.4, -0.2) is 53.8 Å². The molecule has 0 radical (unpaired) electrons. The molecule has 0 spiro atoms. The zero-order valence-corrected chi connectivity index (χ0v) is 15.0. The topological polar surface area (TPSA) is 106 Å². The minimum absolute atomic E-state index is 0. The third kappa shape index (κ3) is 3.06. The summed E-state index contributed by atoms with van der Waals surface area (Å²) in [7, 11) is 0. The van der Waals surface area contributed by atoms with Gasteiger partial charge in [0, 0.05) is 0 Å². The quantitative estimate of drug-likeness (QED) is 0.548. The van der Waals surface area contributed by atoms with Crippen molar-refractivity contribution in [1.29, 1.82) is 0 Å². The van der Waals surface area contributed by atoms with Crippen LogP contribution < -0.4 is 11.2 Å². The van der Waals surface area contributed by atoms with Gasteiger partial charge in [-0.2, -0.15) is 4.98 Å². The largest absolute Gasteiger partial charge is 2.00 e. The average Bonchev–Trinajstić information content (AvgIpc) is 2.46. The molecule has 116 valence electrons. The van der Waals surface area contributed by atoms with Crippen LogP contribution in [0.15, 0.2) is 33.5 Å². The molecule has 6 nitrogen and oxygen atoms in total. The van der Waals surface area contributed by atoms with Crippen molar-refractivity contribution in [2.45, 2.75) is 19.8 Å². The second-order valence-corrected chi connectivity index (χ2v) is 5.42. The van der Waals surface area contributed by atoms with E-state index in [0.29, 0.717) is 11.0 Å². The fourth-order valence-electron chi connectivity index (χ4n) is 2.34. The van der Waals surface area contributed by atoms with Crippen LogP contribution >= 0.6 is 0 Å². The molecule has 0 aliphatic carbocycles. The van der Waals surface area contributed by atoms with Crippen LogP contribution in [0.3, 0.4) is 0 Å². The molecular formula is C16H16CaN2O4. The van der Waals surface area contributed by atoms with Crippen molar-refractivity contribution in [3.8, 4) is 0 Å². The summed E-state index contributed by atoms with van der Waals surface area (Å²) < 4.78 is 5.59. The van der Waals surface area contributed by atoms with Crippen LogP contribution in [0.1, 0.15) is 38.5 Å². The number of nitrogen functional groups attached to an aromatic ring is 1. The number of hydrogen-bond acceptors (Lipinski definition) is 5. The molecule has 0 saturated heterocycles. The molecule has 0 aliphatic heterocycles. The summed E-state index contributed by atoms with van der Waals surface area (Å²) in [6.07, 6.45) is 0. The Morgan fingerprint density at radius 2 is 2.00 bits per heavy atom. The minimum atomic E-state index is -1.23. The number of aromatic carboxylic acids is 1. The number of aromatic nitrogens is 1. The van der Waals surface area contributed by atoms with Gasteiger partial charge in [-0.3, -0.25) is 4.79 Å². The van der Waals surface area contributed by atoms with E-state index < -0.39 is 5.97 Å². The van der Waals surface area contributed by atoms with Crippen LogP contribution in [0.5, 0.6) is 0 Å².